The quantitative estimate of drug-likeness (QED) is 0.713. The maximum atomic E-state index is 13.0. The van der Waals surface area contributed by atoms with Crippen LogP contribution < -0.4 is 4.90 Å². The Morgan fingerprint density at radius 3 is 2.52 bits per heavy atom. The van der Waals surface area contributed by atoms with Crippen LogP contribution in [0.1, 0.15) is 21.7 Å². The van der Waals surface area contributed by atoms with Crippen LogP contribution >= 0.6 is 0 Å². The van der Waals surface area contributed by atoms with Crippen molar-refractivity contribution in [2.24, 2.45) is 0 Å². The first-order chi connectivity index (χ1) is 12.1. The number of anilines is 1. The highest BCUT2D eigenvalue weighted by Crippen LogP contribution is 2.17. The normalized spacial score (nSPS) is 15.0. The second-order valence-electron chi connectivity index (χ2n) is 6.31. The Balaban J connectivity index is 1.54. The Morgan fingerprint density at radius 2 is 1.80 bits per heavy atom. The number of rotatable bonds is 2. The number of aryl methyl sites for hydroxylation is 2. The lowest BCUT2D eigenvalue weighted by molar-refractivity contribution is 0.0738. The molecule has 1 saturated heterocycles. The van der Waals surface area contributed by atoms with Crippen LogP contribution in [0, 0.1) is 13.8 Å². The summed E-state index contributed by atoms with van der Waals surface area (Å²) in [6.45, 7) is 6.67. The highest BCUT2D eigenvalue weighted by Gasteiger charge is 2.26. The summed E-state index contributed by atoms with van der Waals surface area (Å²) in [6.07, 6.45) is 5.40. The molecule has 0 unspecified atom stereocenters. The molecule has 1 aliphatic heterocycles. The van der Waals surface area contributed by atoms with Gasteiger partial charge in [0.1, 0.15) is 11.3 Å². The van der Waals surface area contributed by atoms with Gasteiger partial charge in [0.25, 0.3) is 5.91 Å². The molecule has 0 atom stereocenters. The molecule has 0 radical (unpaired) electrons. The minimum atomic E-state index is 0.0301. The van der Waals surface area contributed by atoms with Crippen LogP contribution in [-0.4, -0.2) is 56.3 Å². The first-order valence-electron chi connectivity index (χ1n) is 8.40. The van der Waals surface area contributed by atoms with Gasteiger partial charge in [-0.25, -0.2) is 15.0 Å². The van der Waals surface area contributed by atoms with Crippen LogP contribution in [0.15, 0.2) is 36.8 Å². The van der Waals surface area contributed by atoms with Crippen LogP contribution in [0.4, 0.5) is 5.95 Å². The summed E-state index contributed by atoms with van der Waals surface area (Å²) in [5.74, 6) is 0.749. The highest BCUT2D eigenvalue weighted by molar-refractivity contribution is 5.94. The fourth-order valence-electron chi connectivity index (χ4n) is 3.24. The molecule has 3 aromatic rings. The molecule has 0 aliphatic carbocycles. The van der Waals surface area contributed by atoms with Gasteiger partial charge in [-0.1, -0.05) is 0 Å². The third-order valence-corrected chi connectivity index (χ3v) is 4.56. The Labute approximate surface area is 145 Å². The first kappa shape index (κ1) is 15.6. The molecule has 0 aromatic carbocycles. The number of hydrogen-bond acceptors (Lipinski definition) is 5. The molecule has 0 bridgehead atoms. The molecule has 7 heteroatoms. The van der Waals surface area contributed by atoms with E-state index in [1.807, 2.05) is 41.5 Å². The van der Waals surface area contributed by atoms with E-state index in [4.69, 9.17) is 0 Å². The molecule has 0 N–H and O–H groups in total. The van der Waals surface area contributed by atoms with Crippen molar-refractivity contribution in [2.45, 2.75) is 13.8 Å². The van der Waals surface area contributed by atoms with Crippen LogP contribution in [0.25, 0.3) is 5.65 Å². The van der Waals surface area contributed by atoms with E-state index >= 15 is 0 Å². The summed E-state index contributed by atoms with van der Waals surface area (Å²) in [5.41, 5.74) is 3.37. The third kappa shape index (κ3) is 2.82. The van der Waals surface area contributed by atoms with Gasteiger partial charge in [0.05, 0.1) is 5.69 Å². The van der Waals surface area contributed by atoms with E-state index in [9.17, 15) is 4.79 Å². The molecule has 3 aromatic heterocycles. The molecule has 0 spiro atoms. The lowest BCUT2D eigenvalue weighted by Crippen LogP contribution is -2.49. The van der Waals surface area contributed by atoms with E-state index in [0.717, 1.165) is 35.9 Å². The fourth-order valence-corrected chi connectivity index (χ4v) is 3.24. The maximum absolute atomic E-state index is 13.0. The molecule has 4 heterocycles. The van der Waals surface area contributed by atoms with Gasteiger partial charge >= 0.3 is 0 Å². The van der Waals surface area contributed by atoms with Crippen LogP contribution in [0.3, 0.4) is 0 Å². The lowest BCUT2D eigenvalue weighted by atomic mass is 10.2. The van der Waals surface area contributed by atoms with Gasteiger partial charge < -0.3 is 9.80 Å². The average molecular weight is 336 g/mol. The topological polar surface area (TPSA) is 66.6 Å². The number of hydrogen-bond donors (Lipinski definition) is 0. The fraction of sp³-hybridized carbons (Fsp3) is 0.333. The van der Waals surface area contributed by atoms with Crippen LogP contribution in [-0.2, 0) is 0 Å². The zero-order chi connectivity index (χ0) is 17.4. The van der Waals surface area contributed by atoms with Gasteiger partial charge in [-0.3, -0.25) is 9.20 Å². The second kappa shape index (κ2) is 6.16. The van der Waals surface area contributed by atoms with Crippen molar-refractivity contribution < 1.29 is 4.79 Å². The van der Waals surface area contributed by atoms with E-state index in [1.54, 1.807) is 18.5 Å². The van der Waals surface area contributed by atoms with E-state index in [-0.39, 0.29) is 5.91 Å². The van der Waals surface area contributed by atoms with Gasteiger partial charge in [0, 0.05) is 44.8 Å². The average Bonchev–Trinajstić information content (AvgIpc) is 2.97. The van der Waals surface area contributed by atoms with Gasteiger partial charge in [-0.2, -0.15) is 0 Å². The van der Waals surface area contributed by atoms with Crippen LogP contribution in [0.5, 0.6) is 0 Å². The Bertz CT molecular complexity index is 912. The summed E-state index contributed by atoms with van der Waals surface area (Å²) < 4.78 is 1.89. The number of carbonyl (C=O) groups excluding carboxylic acids is 1. The standard InChI is InChI=1S/C18H20N6O/c1-13-4-7-24-15(12-13)21-14(2)16(24)17(25)22-8-10-23(11-9-22)18-19-5-3-6-20-18/h3-7,12H,8-11H2,1-2H3. The molecule has 1 fully saturated rings. The van der Waals surface area contributed by atoms with Crippen molar-refractivity contribution in [1.82, 2.24) is 24.3 Å². The Kier molecular flexibility index (Phi) is 3.83. The summed E-state index contributed by atoms with van der Waals surface area (Å²) in [4.78, 5) is 30.1. The molecule has 128 valence electrons. The van der Waals surface area contributed by atoms with E-state index in [1.165, 1.54) is 0 Å². The van der Waals surface area contributed by atoms with E-state index in [0.29, 0.717) is 18.8 Å². The maximum Gasteiger partial charge on any atom is 0.272 e. The Morgan fingerprint density at radius 1 is 1.08 bits per heavy atom. The summed E-state index contributed by atoms with van der Waals surface area (Å²) in [6, 6.07) is 5.79. The van der Waals surface area contributed by atoms with Crippen molar-refractivity contribution in [3.8, 4) is 0 Å². The molecule has 1 amide bonds. The van der Waals surface area contributed by atoms with Crippen molar-refractivity contribution >= 4 is 17.5 Å². The predicted molar refractivity (Wildman–Crippen MR) is 94.8 cm³/mol. The SMILES string of the molecule is Cc1ccn2c(C(=O)N3CCN(c4ncccn4)CC3)c(C)nc2c1. The largest absolute Gasteiger partial charge is 0.337 e. The number of fused-ring (bicyclic) bond motifs is 1. The number of nitrogens with zero attached hydrogens (tertiary/aromatic N) is 6. The number of amides is 1. The number of piperazine rings is 1. The first-order valence-corrected chi connectivity index (χ1v) is 8.40. The smallest absolute Gasteiger partial charge is 0.272 e. The molecular weight excluding hydrogens is 316 g/mol. The lowest BCUT2D eigenvalue weighted by Gasteiger charge is -2.34. The van der Waals surface area contributed by atoms with Gasteiger partial charge in [0.15, 0.2) is 0 Å². The summed E-state index contributed by atoms with van der Waals surface area (Å²) in [7, 11) is 0. The summed E-state index contributed by atoms with van der Waals surface area (Å²) >= 11 is 0. The van der Waals surface area contributed by atoms with Gasteiger partial charge in [0.2, 0.25) is 5.95 Å². The summed E-state index contributed by atoms with van der Waals surface area (Å²) in [5, 5.41) is 0. The predicted octanol–water partition coefficient (Wildman–Crippen LogP) is 1.70. The van der Waals surface area contributed by atoms with Crippen molar-refractivity contribution in [2.75, 3.05) is 31.1 Å². The second-order valence-corrected chi connectivity index (χ2v) is 6.31. The molecule has 4 rings (SSSR count). The number of pyridine rings is 1. The monoisotopic (exact) mass is 336 g/mol. The molecule has 7 nitrogen and oxygen atoms in total. The van der Waals surface area contributed by atoms with Crippen molar-refractivity contribution in [3.05, 3.63) is 53.7 Å². The minimum absolute atomic E-state index is 0.0301. The van der Waals surface area contributed by atoms with E-state index in [2.05, 4.69) is 19.9 Å². The Hall–Kier alpha value is -2.96. The van der Waals surface area contributed by atoms with Crippen molar-refractivity contribution in [3.63, 3.8) is 0 Å². The molecular formula is C18H20N6O. The number of imidazole rings is 1. The zero-order valence-electron chi connectivity index (χ0n) is 14.4. The van der Waals surface area contributed by atoms with Crippen LogP contribution in [0.2, 0.25) is 0 Å². The van der Waals surface area contributed by atoms with Crippen molar-refractivity contribution in [1.29, 1.82) is 0 Å². The molecule has 1 aliphatic rings. The van der Waals surface area contributed by atoms with Gasteiger partial charge in [-0.15, -0.1) is 0 Å². The van der Waals surface area contributed by atoms with Gasteiger partial charge in [-0.05, 0) is 37.6 Å². The minimum Gasteiger partial charge on any atom is -0.337 e. The zero-order valence-corrected chi connectivity index (χ0v) is 14.4. The third-order valence-electron chi connectivity index (χ3n) is 4.56. The highest BCUT2D eigenvalue weighted by atomic mass is 16.2. The number of carbonyl (C=O) groups is 1. The van der Waals surface area contributed by atoms with E-state index < -0.39 is 0 Å². The number of aromatic nitrogens is 4. The molecule has 25 heavy (non-hydrogen) atoms. The molecule has 0 saturated carbocycles.